The van der Waals surface area contributed by atoms with Gasteiger partial charge >= 0.3 is 0 Å². The lowest BCUT2D eigenvalue weighted by Gasteiger charge is -2.14. The Morgan fingerprint density at radius 3 is 2.56 bits per heavy atom. The molecule has 1 heterocycles. The number of nitrogens with zero attached hydrogens (tertiary/aromatic N) is 1. The Morgan fingerprint density at radius 1 is 1.11 bits per heavy atom. The fraction of sp³-hybridized carbons (Fsp3) is 0.375. The van der Waals surface area contributed by atoms with Gasteiger partial charge in [-0.3, -0.25) is 0 Å². The molecule has 0 aliphatic rings. The van der Waals surface area contributed by atoms with E-state index in [0.29, 0.717) is 6.04 Å². The smallest absolute Gasteiger partial charge is 0.0470 e. The van der Waals surface area contributed by atoms with Crippen LogP contribution in [0.15, 0.2) is 48.8 Å². The van der Waals surface area contributed by atoms with Gasteiger partial charge in [0.2, 0.25) is 0 Å². The molecule has 0 saturated heterocycles. The Balaban J connectivity index is 2.06. The van der Waals surface area contributed by atoms with Gasteiger partial charge < -0.3 is 9.88 Å². The van der Waals surface area contributed by atoms with Crippen LogP contribution in [0.2, 0.25) is 0 Å². The Kier molecular flexibility index (Phi) is 4.59. The van der Waals surface area contributed by atoms with Crippen molar-refractivity contribution in [2.75, 3.05) is 6.54 Å². The zero-order chi connectivity index (χ0) is 12.8. The Bertz CT molecular complexity index is 459. The van der Waals surface area contributed by atoms with Crippen molar-refractivity contribution >= 4 is 0 Å². The molecule has 0 fully saturated rings. The second-order valence-corrected chi connectivity index (χ2v) is 4.62. The molecule has 1 aromatic carbocycles. The van der Waals surface area contributed by atoms with Crippen molar-refractivity contribution in [3.05, 3.63) is 59.9 Å². The highest BCUT2D eigenvalue weighted by molar-refractivity contribution is 5.19. The highest BCUT2D eigenvalue weighted by atomic mass is 15.0. The maximum atomic E-state index is 3.51. The van der Waals surface area contributed by atoms with Gasteiger partial charge in [0.05, 0.1) is 0 Å². The molecule has 18 heavy (non-hydrogen) atoms. The largest absolute Gasteiger partial charge is 0.350 e. The van der Waals surface area contributed by atoms with Crippen LogP contribution in [0.1, 0.15) is 37.4 Å². The molecule has 0 aliphatic carbocycles. The summed E-state index contributed by atoms with van der Waals surface area (Å²) < 4.78 is 2.25. The van der Waals surface area contributed by atoms with Crippen LogP contribution < -0.4 is 5.32 Å². The number of benzene rings is 1. The summed E-state index contributed by atoms with van der Waals surface area (Å²) >= 11 is 0. The number of aromatic nitrogens is 1. The monoisotopic (exact) mass is 242 g/mol. The average molecular weight is 242 g/mol. The fourth-order valence-corrected chi connectivity index (χ4v) is 2.30. The third kappa shape index (κ3) is 3.23. The third-order valence-electron chi connectivity index (χ3n) is 3.24. The summed E-state index contributed by atoms with van der Waals surface area (Å²) in [5.41, 5.74) is 2.73. The summed E-state index contributed by atoms with van der Waals surface area (Å²) in [4.78, 5) is 0. The first-order valence-electron chi connectivity index (χ1n) is 6.76. The molecule has 2 aromatic rings. The zero-order valence-corrected chi connectivity index (χ0v) is 11.3. The van der Waals surface area contributed by atoms with E-state index in [1.165, 1.54) is 11.1 Å². The lowest BCUT2D eigenvalue weighted by molar-refractivity contribution is 0.536. The van der Waals surface area contributed by atoms with Gasteiger partial charge in [-0.15, -0.1) is 0 Å². The first-order valence-corrected chi connectivity index (χ1v) is 6.76. The molecule has 0 bridgehead atoms. The molecule has 0 radical (unpaired) electrons. The molecule has 0 aliphatic heterocycles. The Morgan fingerprint density at radius 2 is 1.89 bits per heavy atom. The van der Waals surface area contributed by atoms with Crippen molar-refractivity contribution in [2.45, 2.75) is 32.9 Å². The number of nitrogens with one attached hydrogen (secondary N) is 1. The predicted octanol–water partition coefficient (Wildman–Crippen LogP) is 3.60. The van der Waals surface area contributed by atoms with Crippen LogP contribution in [0, 0.1) is 0 Å². The minimum absolute atomic E-state index is 0.479. The van der Waals surface area contributed by atoms with Crippen molar-refractivity contribution in [1.82, 2.24) is 9.88 Å². The second kappa shape index (κ2) is 6.41. The molecule has 0 amide bonds. The summed E-state index contributed by atoms with van der Waals surface area (Å²) in [6.45, 7) is 6.34. The van der Waals surface area contributed by atoms with Gasteiger partial charge in [0.25, 0.3) is 0 Å². The molecule has 96 valence electrons. The van der Waals surface area contributed by atoms with E-state index in [1.54, 1.807) is 0 Å². The fourth-order valence-electron chi connectivity index (χ4n) is 2.30. The third-order valence-corrected chi connectivity index (χ3v) is 3.24. The summed E-state index contributed by atoms with van der Waals surface area (Å²) in [6, 6.07) is 13.3. The van der Waals surface area contributed by atoms with Crippen LogP contribution in [0.4, 0.5) is 0 Å². The lowest BCUT2D eigenvalue weighted by atomic mass is 10.1. The van der Waals surface area contributed by atoms with Crippen molar-refractivity contribution in [2.24, 2.45) is 0 Å². The van der Waals surface area contributed by atoms with E-state index in [1.807, 2.05) is 0 Å². The molecule has 0 spiro atoms. The second-order valence-electron chi connectivity index (χ2n) is 4.62. The normalized spacial score (nSPS) is 12.6. The summed E-state index contributed by atoms with van der Waals surface area (Å²) in [5.74, 6) is 0. The van der Waals surface area contributed by atoms with Crippen LogP contribution in [0.5, 0.6) is 0 Å². The van der Waals surface area contributed by atoms with Crippen molar-refractivity contribution in [3.8, 4) is 0 Å². The van der Waals surface area contributed by atoms with Gasteiger partial charge in [-0.05, 0) is 30.2 Å². The van der Waals surface area contributed by atoms with Gasteiger partial charge in [0, 0.05) is 25.0 Å². The van der Waals surface area contributed by atoms with Gasteiger partial charge in [0.1, 0.15) is 0 Å². The summed E-state index contributed by atoms with van der Waals surface area (Å²) in [7, 11) is 0. The average Bonchev–Trinajstić information content (AvgIpc) is 2.85. The van der Waals surface area contributed by atoms with E-state index in [2.05, 4.69) is 72.5 Å². The predicted molar refractivity (Wildman–Crippen MR) is 76.7 cm³/mol. The van der Waals surface area contributed by atoms with E-state index >= 15 is 0 Å². The van der Waals surface area contributed by atoms with Gasteiger partial charge in [-0.1, -0.05) is 44.2 Å². The van der Waals surface area contributed by atoms with Crippen LogP contribution >= 0.6 is 0 Å². The summed E-state index contributed by atoms with van der Waals surface area (Å²) in [5, 5.41) is 3.51. The standard InChI is InChI=1S/C16H22N2/c1-3-16(17-4-2)15-10-11-18(13-15)12-14-8-6-5-7-9-14/h5-11,13,16-17H,3-4,12H2,1-2H3. The van der Waals surface area contributed by atoms with Crippen molar-refractivity contribution in [3.63, 3.8) is 0 Å². The number of hydrogen-bond acceptors (Lipinski definition) is 1. The van der Waals surface area contributed by atoms with E-state index in [4.69, 9.17) is 0 Å². The van der Waals surface area contributed by atoms with Crippen LogP contribution in [-0.2, 0) is 6.54 Å². The SMILES string of the molecule is CCNC(CC)c1ccn(Cc2ccccc2)c1. The molecule has 2 heteroatoms. The van der Waals surface area contributed by atoms with Crippen LogP contribution in [0.3, 0.4) is 0 Å². The summed E-state index contributed by atoms with van der Waals surface area (Å²) in [6.07, 6.45) is 5.55. The molecular formula is C16H22N2. The first kappa shape index (κ1) is 12.9. The minimum Gasteiger partial charge on any atom is -0.350 e. The topological polar surface area (TPSA) is 17.0 Å². The quantitative estimate of drug-likeness (QED) is 0.819. The molecule has 1 atom stereocenters. The zero-order valence-electron chi connectivity index (χ0n) is 11.3. The number of hydrogen-bond donors (Lipinski definition) is 1. The van der Waals surface area contributed by atoms with Crippen molar-refractivity contribution in [1.29, 1.82) is 0 Å². The highest BCUT2D eigenvalue weighted by Crippen LogP contribution is 2.17. The maximum Gasteiger partial charge on any atom is 0.0470 e. The Hall–Kier alpha value is -1.54. The van der Waals surface area contributed by atoms with Crippen molar-refractivity contribution < 1.29 is 0 Å². The molecule has 0 saturated carbocycles. The van der Waals surface area contributed by atoms with Gasteiger partial charge in [-0.25, -0.2) is 0 Å². The minimum atomic E-state index is 0.479. The van der Waals surface area contributed by atoms with Crippen LogP contribution in [0.25, 0.3) is 0 Å². The molecule has 2 nitrogen and oxygen atoms in total. The molecular weight excluding hydrogens is 220 g/mol. The molecule has 1 unspecified atom stereocenters. The van der Waals surface area contributed by atoms with Gasteiger partial charge in [0.15, 0.2) is 0 Å². The van der Waals surface area contributed by atoms with E-state index in [0.717, 1.165) is 19.5 Å². The molecule has 1 N–H and O–H groups in total. The van der Waals surface area contributed by atoms with Gasteiger partial charge in [-0.2, -0.15) is 0 Å². The maximum absolute atomic E-state index is 3.51. The lowest BCUT2D eigenvalue weighted by Crippen LogP contribution is -2.19. The van der Waals surface area contributed by atoms with Crippen LogP contribution in [-0.4, -0.2) is 11.1 Å². The molecule has 1 aromatic heterocycles. The Labute approximate surface area is 110 Å². The van der Waals surface area contributed by atoms with E-state index < -0.39 is 0 Å². The highest BCUT2D eigenvalue weighted by Gasteiger charge is 2.08. The molecule has 2 rings (SSSR count). The number of rotatable bonds is 6. The van der Waals surface area contributed by atoms with E-state index in [-0.39, 0.29) is 0 Å². The first-order chi connectivity index (χ1) is 8.83. The van der Waals surface area contributed by atoms with E-state index in [9.17, 15) is 0 Å².